The van der Waals surface area contributed by atoms with E-state index in [0.29, 0.717) is 6.54 Å². The Labute approximate surface area is 168 Å². The van der Waals surface area contributed by atoms with Gasteiger partial charge in [0, 0.05) is 15.8 Å². The summed E-state index contributed by atoms with van der Waals surface area (Å²) in [6.45, 7) is 4.82. The zero-order valence-corrected chi connectivity index (χ0v) is 17.4. The van der Waals surface area contributed by atoms with E-state index in [1.54, 1.807) is 22.7 Å². The van der Waals surface area contributed by atoms with Gasteiger partial charge in [0.1, 0.15) is 5.01 Å². The predicted molar refractivity (Wildman–Crippen MR) is 114 cm³/mol. The van der Waals surface area contributed by atoms with E-state index in [4.69, 9.17) is 0 Å². The fourth-order valence-electron chi connectivity index (χ4n) is 3.62. The van der Waals surface area contributed by atoms with Crippen LogP contribution in [0.25, 0.3) is 10.6 Å². The zero-order valence-electron chi connectivity index (χ0n) is 15.7. The van der Waals surface area contributed by atoms with Crippen LogP contribution >= 0.6 is 22.7 Å². The van der Waals surface area contributed by atoms with Crippen molar-refractivity contribution in [2.45, 2.75) is 46.1 Å². The molecule has 0 aliphatic heterocycles. The van der Waals surface area contributed by atoms with Crippen LogP contribution in [0.4, 0.5) is 0 Å². The number of benzene rings is 1. The molecule has 0 radical (unpaired) electrons. The Morgan fingerprint density at radius 1 is 1.33 bits per heavy atom. The summed E-state index contributed by atoms with van der Waals surface area (Å²) < 4.78 is 0. The van der Waals surface area contributed by atoms with E-state index in [9.17, 15) is 4.79 Å². The second kappa shape index (κ2) is 7.95. The number of aromatic nitrogens is 1. The summed E-state index contributed by atoms with van der Waals surface area (Å²) in [4.78, 5) is 19.5. The van der Waals surface area contributed by atoms with Crippen molar-refractivity contribution >= 4 is 28.6 Å². The molecule has 1 aromatic carbocycles. The second-order valence-electron chi connectivity index (χ2n) is 7.27. The topological polar surface area (TPSA) is 42.0 Å². The molecule has 0 spiro atoms. The number of amides is 1. The van der Waals surface area contributed by atoms with Crippen molar-refractivity contribution in [2.75, 3.05) is 0 Å². The molecule has 1 atom stereocenters. The van der Waals surface area contributed by atoms with E-state index in [1.807, 2.05) is 5.38 Å². The van der Waals surface area contributed by atoms with E-state index in [2.05, 4.69) is 54.5 Å². The maximum absolute atomic E-state index is 12.6. The summed E-state index contributed by atoms with van der Waals surface area (Å²) in [6, 6.07) is 10.5. The zero-order chi connectivity index (χ0) is 18.8. The SMILES string of the molecule is CC[C@H]1CCc2sc(C(=O)NCc3csc(-c4cccc(C)c4)n3)cc2C1. The van der Waals surface area contributed by atoms with Gasteiger partial charge in [-0.3, -0.25) is 4.79 Å². The van der Waals surface area contributed by atoms with Crippen molar-refractivity contribution in [1.82, 2.24) is 10.3 Å². The van der Waals surface area contributed by atoms with Gasteiger partial charge in [0.2, 0.25) is 0 Å². The predicted octanol–water partition coefficient (Wildman–Crippen LogP) is 5.62. The van der Waals surface area contributed by atoms with Crippen LogP contribution in [-0.4, -0.2) is 10.9 Å². The van der Waals surface area contributed by atoms with Gasteiger partial charge in [0.15, 0.2) is 0 Å². The van der Waals surface area contributed by atoms with Gasteiger partial charge >= 0.3 is 0 Å². The lowest BCUT2D eigenvalue weighted by molar-refractivity contribution is 0.0954. The van der Waals surface area contributed by atoms with Gasteiger partial charge in [0.25, 0.3) is 5.91 Å². The lowest BCUT2D eigenvalue weighted by atomic mass is 9.87. The molecule has 0 fully saturated rings. The van der Waals surface area contributed by atoms with Crippen LogP contribution in [0.2, 0.25) is 0 Å². The Hall–Kier alpha value is -1.98. The Bertz CT molecular complexity index is 957. The first kappa shape index (κ1) is 18.4. The Morgan fingerprint density at radius 2 is 2.22 bits per heavy atom. The molecule has 27 heavy (non-hydrogen) atoms. The molecule has 1 amide bonds. The third-order valence-corrected chi connectivity index (χ3v) is 7.41. The summed E-state index contributed by atoms with van der Waals surface area (Å²) in [5.41, 5.74) is 4.66. The number of thiophene rings is 1. The van der Waals surface area contributed by atoms with Crippen LogP contribution in [0, 0.1) is 12.8 Å². The molecule has 4 rings (SSSR count). The summed E-state index contributed by atoms with van der Waals surface area (Å²) >= 11 is 3.29. The Morgan fingerprint density at radius 3 is 3.04 bits per heavy atom. The molecule has 0 unspecified atom stereocenters. The van der Waals surface area contributed by atoms with Gasteiger partial charge in [-0.05, 0) is 49.8 Å². The minimum Gasteiger partial charge on any atom is -0.346 e. The lowest BCUT2D eigenvalue weighted by Gasteiger charge is -2.19. The minimum atomic E-state index is 0.0209. The highest BCUT2D eigenvalue weighted by molar-refractivity contribution is 7.14. The first-order valence-corrected chi connectivity index (χ1v) is 11.2. The fourth-order valence-corrected chi connectivity index (χ4v) is 5.56. The fraction of sp³-hybridized carbons (Fsp3) is 0.364. The average molecular weight is 397 g/mol. The highest BCUT2D eigenvalue weighted by Gasteiger charge is 2.22. The molecule has 1 N–H and O–H groups in total. The molecule has 2 heterocycles. The van der Waals surface area contributed by atoms with Crippen LogP contribution in [0.1, 0.15) is 51.1 Å². The summed E-state index contributed by atoms with van der Waals surface area (Å²) in [6.07, 6.45) is 4.73. The van der Waals surface area contributed by atoms with Crippen LogP contribution in [-0.2, 0) is 19.4 Å². The molecule has 3 aromatic rings. The summed E-state index contributed by atoms with van der Waals surface area (Å²) in [5, 5.41) is 6.07. The third-order valence-electron chi connectivity index (χ3n) is 5.23. The van der Waals surface area contributed by atoms with Gasteiger partial charge in [-0.25, -0.2) is 4.98 Å². The number of fused-ring (bicyclic) bond motifs is 1. The largest absolute Gasteiger partial charge is 0.346 e. The normalized spacial score (nSPS) is 16.1. The van der Waals surface area contributed by atoms with Gasteiger partial charge in [-0.2, -0.15) is 0 Å². The number of aryl methyl sites for hydroxylation is 2. The second-order valence-corrected chi connectivity index (χ2v) is 9.27. The standard InChI is InChI=1S/C22H24N2OS2/c1-3-15-7-8-19-17(10-15)11-20(27-19)21(25)23-12-18-13-26-22(24-18)16-6-4-5-14(2)9-16/h4-6,9,11,13,15H,3,7-8,10,12H2,1-2H3,(H,23,25)/t15-/m0/s1. The molecule has 1 aliphatic rings. The number of hydrogen-bond acceptors (Lipinski definition) is 4. The molecule has 2 aromatic heterocycles. The summed E-state index contributed by atoms with van der Waals surface area (Å²) in [7, 11) is 0. The highest BCUT2D eigenvalue weighted by Crippen LogP contribution is 2.33. The number of carbonyl (C=O) groups is 1. The van der Waals surface area contributed by atoms with Crippen molar-refractivity contribution in [1.29, 1.82) is 0 Å². The number of carbonyl (C=O) groups excluding carboxylic acids is 1. The third kappa shape index (κ3) is 4.14. The van der Waals surface area contributed by atoms with Crippen LogP contribution in [0.15, 0.2) is 35.7 Å². The van der Waals surface area contributed by atoms with Crippen molar-refractivity contribution in [3.8, 4) is 10.6 Å². The lowest BCUT2D eigenvalue weighted by Crippen LogP contribution is -2.21. The summed E-state index contributed by atoms with van der Waals surface area (Å²) in [5.74, 6) is 0.797. The minimum absolute atomic E-state index is 0.0209. The molecule has 0 saturated heterocycles. The molecular weight excluding hydrogens is 372 g/mol. The number of nitrogens with zero attached hydrogens (tertiary/aromatic N) is 1. The molecule has 140 valence electrons. The van der Waals surface area contributed by atoms with Gasteiger partial charge in [0.05, 0.1) is 17.1 Å². The maximum Gasteiger partial charge on any atom is 0.261 e. The Balaban J connectivity index is 1.40. The van der Waals surface area contributed by atoms with Crippen molar-refractivity contribution < 1.29 is 4.79 Å². The first-order valence-electron chi connectivity index (χ1n) is 9.53. The van der Waals surface area contributed by atoms with Crippen LogP contribution in [0.3, 0.4) is 0 Å². The number of thiazole rings is 1. The van der Waals surface area contributed by atoms with E-state index in [0.717, 1.165) is 39.9 Å². The van der Waals surface area contributed by atoms with Gasteiger partial charge in [-0.15, -0.1) is 22.7 Å². The highest BCUT2D eigenvalue weighted by atomic mass is 32.1. The quantitative estimate of drug-likeness (QED) is 0.608. The Kier molecular flexibility index (Phi) is 5.41. The monoisotopic (exact) mass is 396 g/mol. The maximum atomic E-state index is 12.6. The smallest absolute Gasteiger partial charge is 0.261 e. The molecule has 0 bridgehead atoms. The molecule has 1 aliphatic carbocycles. The van der Waals surface area contributed by atoms with E-state index in [-0.39, 0.29) is 5.91 Å². The molecular formula is C22H24N2OS2. The molecule has 0 saturated carbocycles. The van der Waals surface area contributed by atoms with E-state index in [1.165, 1.54) is 28.8 Å². The van der Waals surface area contributed by atoms with Crippen molar-refractivity contribution in [2.24, 2.45) is 5.92 Å². The van der Waals surface area contributed by atoms with Crippen LogP contribution < -0.4 is 5.32 Å². The molecule has 3 nitrogen and oxygen atoms in total. The number of nitrogens with one attached hydrogen (secondary N) is 1. The average Bonchev–Trinajstić information content (AvgIpc) is 3.32. The first-order chi connectivity index (χ1) is 13.1. The van der Waals surface area contributed by atoms with E-state index < -0.39 is 0 Å². The van der Waals surface area contributed by atoms with Gasteiger partial charge in [-0.1, -0.05) is 37.1 Å². The van der Waals surface area contributed by atoms with Gasteiger partial charge < -0.3 is 5.32 Å². The van der Waals surface area contributed by atoms with Crippen molar-refractivity contribution in [3.05, 3.63) is 62.3 Å². The van der Waals surface area contributed by atoms with Crippen molar-refractivity contribution in [3.63, 3.8) is 0 Å². The number of rotatable bonds is 5. The van der Waals surface area contributed by atoms with E-state index >= 15 is 0 Å². The number of hydrogen-bond donors (Lipinski definition) is 1. The molecule has 5 heteroatoms. The van der Waals surface area contributed by atoms with Crippen LogP contribution in [0.5, 0.6) is 0 Å².